The molecule has 6 heteroatoms. The summed E-state index contributed by atoms with van der Waals surface area (Å²) in [6.45, 7) is 2.25. The summed E-state index contributed by atoms with van der Waals surface area (Å²) in [7, 11) is 1.57. The van der Waals surface area contributed by atoms with Crippen LogP contribution in [0.3, 0.4) is 0 Å². The SMILES string of the molecule is COCc1nc(Cl)cc(Oc2ccc(Br)cc2C)n1. The van der Waals surface area contributed by atoms with Crippen molar-refractivity contribution in [2.24, 2.45) is 0 Å². The Morgan fingerprint density at radius 1 is 1.26 bits per heavy atom. The smallest absolute Gasteiger partial charge is 0.224 e. The lowest BCUT2D eigenvalue weighted by molar-refractivity contribution is 0.177. The molecule has 0 amide bonds. The molecule has 0 saturated carbocycles. The predicted molar refractivity (Wildman–Crippen MR) is 76.7 cm³/mol. The molecule has 0 bridgehead atoms. The number of methoxy groups -OCH3 is 1. The van der Waals surface area contributed by atoms with Crippen LogP contribution in [-0.4, -0.2) is 17.1 Å². The molecule has 1 aromatic heterocycles. The van der Waals surface area contributed by atoms with Gasteiger partial charge in [0.15, 0.2) is 5.82 Å². The van der Waals surface area contributed by atoms with Gasteiger partial charge in [-0.15, -0.1) is 0 Å². The van der Waals surface area contributed by atoms with Gasteiger partial charge in [-0.05, 0) is 30.7 Å². The van der Waals surface area contributed by atoms with Gasteiger partial charge in [-0.2, -0.15) is 4.98 Å². The summed E-state index contributed by atoms with van der Waals surface area (Å²) >= 11 is 9.33. The van der Waals surface area contributed by atoms with Crippen LogP contribution in [-0.2, 0) is 11.3 Å². The minimum absolute atomic E-state index is 0.288. The number of ether oxygens (including phenoxy) is 2. The molecule has 1 heterocycles. The first-order chi connectivity index (χ1) is 9.08. The number of rotatable bonds is 4. The van der Waals surface area contributed by atoms with Crippen LogP contribution >= 0.6 is 27.5 Å². The van der Waals surface area contributed by atoms with Gasteiger partial charge < -0.3 is 9.47 Å². The molecule has 0 N–H and O–H groups in total. The second-order valence-electron chi connectivity index (χ2n) is 3.89. The Hall–Kier alpha value is -1.17. The van der Waals surface area contributed by atoms with E-state index in [1.165, 1.54) is 0 Å². The Labute approximate surface area is 124 Å². The zero-order valence-electron chi connectivity index (χ0n) is 10.5. The zero-order valence-corrected chi connectivity index (χ0v) is 12.8. The summed E-state index contributed by atoms with van der Waals surface area (Å²) in [5.41, 5.74) is 0.998. The number of nitrogens with zero attached hydrogens (tertiary/aromatic N) is 2. The molecule has 0 aliphatic heterocycles. The summed E-state index contributed by atoms with van der Waals surface area (Å²) in [5.74, 6) is 1.61. The van der Waals surface area contributed by atoms with Gasteiger partial charge >= 0.3 is 0 Å². The molecule has 0 atom stereocenters. The van der Waals surface area contributed by atoms with E-state index in [1.807, 2.05) is 25.1 Å². The van der Waals surface area contributed by atoms with Crippen molar-refractivity contribution in [2.75, 3.05) is 7.11 Å². The van der Waals surface area contributed by atoms with E-state index in [9.17, 15) is 0 Å². The summed E-state index contributed by atoms with van der Waals surface area (Å²) in [6, 6.07) is 7.31. The Morgan fingerprint density at radius 3 is 2.74 bits per heavy atom. The Morgan fingerprint density at radius 2 is 2.05 bits per heavy atom. The molecule has 2 aromatic rings. The number of halogens is 2. The van der Waals surface area contributed by atoms with Crippen molar-refractivity contribution in [3.05, 3.63) is 45.3 Å². The largest absolute Gasteiger partial charge is 0.439 e. The summed E-state index contributed by atoms with van der Waals surface area (Å²) < 4.78 is 11.7. The van der Waals surface area contributed by atoms with E-state index in [2.05, 4.69) is 25.9 Å². The van der Waals surface area contributed by atoms with Crippen LogP contribution < -0.4 is 4.74 Å². The first-order valence-electron chi connectivity index (χ1n) is 5.55. The third kappa shape index (κ3) is 3.89. The average molecular weight is 344 g/mol. The molecule has 0 fully saturated rings. The standard InChI is InChI=1S/C13H12BrClN2O2/c1-8-5-9(14)3-4-10(8)19-13-6-11(15)16-12(17-13)7-18-2/h3-6H,7H2,1-2H3. The lowest BCUT2D eigenvalue weighted by Crippen LogP contribution is -1.99. The highest BCUT2D eigenvalue weighted by Crippen LogP contribution is 2.27. The van der Waals surface area contributed by atoms with Gasteiger partial charge in [-0.3, -0.25) is 0 Å². The maximum absolute atomic E-state index is 5.92. The fourth-order valence-electron chi connectivity index (χ4n) is 1.53. The molecular weight excluding hydrogens is 332 g/mol. The predicted octanol–water partition coefficient (Wildman–Crippen LogP) is 4.14. The molecule has 0 saturated heterocycles. The monoisotopic (exact) mass is 342 g/mol. The van der Waals surface area contributed by atoms with Crippen LogP contribution in [0.5, 0.6) is 11.6 Å². The lowest BCUT2D eigenvalue weighted by Gasteiger charge is -2.09. The molecule has 4 nitrogen and oxygen atoms in total. The first-order valence-corrected chi connectivity index (χ1v) is 6.72. The quantitative estimate of drug-likeness (QED) is 0.783. The van der Waals surface area contributed by atoms with E-state index in [0.717, 1.165) is 15.8 Å². The molecule has 0 aliphatic rings. The summed E-state index contributed by atoms with van der Waals surface area (Å²) in [4.78, 5) is 8.27. The molecule has 0 unspecified atom stereocenters. The molecule has 1 aromatic carbocycles. The van der Waals surface area contributed by atoms with E-state index in [0.29, 0.717) is 16.9 Å². The van der Waals surface area contributed by atoms with Gasteiger partial charge in [0.05, 0.1) is 0 Å². The van der Waals surface area contributed by atoms with Gasteiger partial charge in [0.2, 0.25) is 5.88 Å². The molecule has 19 heavy (non-hydrogen) atoms. The van der Waals surface area contributed by atoms with Crippen LogP contribution in [0.1, 0.15) is 11.4 Å². The van der Waals surface area contributed by atoms with Crippen molar-refractivity contribution in [1.82, 2.24) is 9.97 Å². The molecule has 0 spiro atoms. The van der Waals surface area contributed by atoms with Crippen molar-refractivity contribution in [3.63, 3.8) is 0 Å². The van der Waals surface area contributed by atoms with Crippen LogP contribution in [0.4, 0.5) is 0 Å². The maximum Gasteiger partial charge on any atom is 0.224 e. The van der Waals surface area contributed by atoms with Crippen LogP contribution in [0.15, 0.2) is 28.7 Å². The summed E-state index contributed by atoms with van der Waals surface area (Å²) in [5, 5.41) is 0.326. The fourth-order valence-corrected chi connectivity index (χ4v) is 2.19. The highest BCUT2D eigenvalue weighted by molar-refractivity contribution is 9.10. The normalized spacial score (nSPS) is 10.5. The van der Waals surface area contributed by atoms with E-state index < -0.39 is 0 Å². The van der Waals surface area contributed by atoms with Crippen molar-refractivity contribution < 1.29 is 9.47 Å². The summed E-state index contributed by atoms with van der Waals surface area (Å²) in [6.07, 6.45) is 0. The third-order valence-electron chi connectivity index (χ3n) is 2.34. The van der Waals surface area contributed by atoms with E-state index >= 15 is 0 Å². The van der Waals surface area contributed by atoms with Crippen LogP contribution in [0, 0.1) is 6.92 Å². The fraction of sp³-hybridized carbons (Fsp3) is 0.231. The van der Waals surface area contributed by atoms with Gasteiger partial charge in [0, 0.05) is 17.6 Å². The van der Waals surface area contributed by atoms with E-state index in [1.54, 1.807) is 13.2 Å². The second kappa shape index (κ2) is 6.32. The minimum Gasteiger partial charge on any atom is -0.439 e. The Kier molecular flexibility index (Phi) is 4.74. The Balaban J connectivity index is 2.27. The molecule has 0 aliphatic carbocycles. The van der Waals surface area contributed by atoms with Crippen molar-refractivity contribution in [2.45, 2.75) is 13.5 Å². The van der Waals surface area contributed by atoms with Gasteiger partial charge in [-0.1, -0.05) is 27.5 Å². The van der Waals surface area contributed by atoms with Crippen molar-refractivity contribution in [1.29, 1.82) is 0 Å². The zero-order chi connectivity index (χ0) is 13.8. The first kappa shape index (κ1) is 14.2. The number of hydrogen-bond donors (Lipinski definition) is 0. The van der Waals surface area contributed by atoms with E-state index in [-0.39, 0.29) is 6.61 Å². The maximum atomic E-state index is 5.92. The van der Waals surface area contributed by atoms with Crippen LogP contribution in [0.2, 0.25) is 5.15 Å². The highest BCUT2D eigenvalue weighted by Gasteiger charge is 2.07. The third-order valence-corrected chi connectivity index (χ3v) is 3.03. The van der Waals surface area contributed by atoms with Gasteiger partial charge in [0.25, 0.3) is 0 Å². The number of benzene rings is 1. The number of aromatic nitrogens is 2. The van der Waals surface area contributed by atoms with Crippen molar-refractivity contribution in [3.8, 4) is 11.6 Å². The molecule has 2 rings (SSSR count). The Bertz CT molecular complexity index is 593. The number of hydrogen-bond acceptors (Lipinski definition) is 4. The average Bonchev–Trinajstić information content (AvgIpc) is 2.32. The lowest BCUT2D eigenvalue weighted by atomic mass is 10.2. The second-order valence-corrected chi connectivity index (χ2v) is 5.19. The topological polar surface area (TPSA) is 44.2 Å². The molecule has 100 valence electrons. The minimum atomic E-state index is 0.288. The van der Waals surface area contributed by atoms with E-state index in [4.69, 9.17) is 21.1 Å². The van der Waals surface area contributed by atoms with Gasteiger partial charge in [-0.25, -0.2) is 4.98 Å². The van der Waals surface area contributed by atoms with Crippen LogP contribution in [0.25, 0.3) is 0 Å². The number of aryl methyl sites for hydroxylation is 1. The molecule has 0 radical (unpaired) electrons. The molecular formula is C13H12BrClN2O2. The van der Waals surface area contributed by atoms with Gasteiger partial charge in [0.1, 0.15) is 17.5 Å². The highest BCUT2D eigenvalue weighted by atomic mass is 79.9. The van der Waals surface area contributed by atoms with Crippen molar-refractivity contribution >= 4 is 27.5 Å².